The Hall–Kier alpha value is -1.85. The molecular formula is C13H20N4O2. The van der Waals surface area contributed by atoms with E-state index < -0.39 is 5.60 Å². The summed E-state index contributed by atoms with van der Waals surface area (Å²) in [7, 11) is 0. The number of ether oxygens (including phenoxy) is 1. The van der Waals surface area contributed by atoms with Crippen LogP contribution in [0.2, 0.25) is 0 Å². The number of anilines is 1. The van der Waals surface area contributed by atoms with Gasteiger partial charge in [0, 0.05) is 5.56 Å². The van der Waals surface area contributed by atoms with Gasteiger partial charge in [0.25, 0.3) is 0 Å². The SMILES string of the molecule is CCC1c2ncnc(N)c2CN1C(=O)OC(C)(C)C. The Kier molecular flexibility index (Phi) is 3.34. The lowest BCUT2D eigenvalue weighted by Gasteiger charge is -2.27. The summed E-state index contributed by atoms with van der Waals surface area (Å²) in [6.07, 6.45) is 1.87. The maximum atomic E-state index is 12.2. The van der Waals surface area contributed by atoms with E-state index in [0.717, 1.165) is 17.7 Å². The first-order valence-corrected chi connectivity index (χ1v) is 6.42. The highest BCUT2D eigenvalue weighted by atomic mass is 16.6. The molecule has 0 saturated carbocycles. The van der Waals surface area contributed by atoms with Crippen molar-refractivity contribution >= 4 is 11.9 Å². The number of nitrogen functional groups attached to an aromatic ring is 1. The normalized spacial score (nSPS) is 18.3. The molecule has 1 unspecified atom stereocenters. The number of nitrogens with zero attached hydrogens (tertiary/aromatic N) is 3. The summed E-state index contributed by atoms with van der Waals surface area (Å²) in [5, 5.41) is 0. The van der Waals surface area contributed by atoms with Gasteiger partial charge in [-0.25, -0.2) is 14.8 Å². The van der Waals surface area contributed by atoms with Crippen molar-refractivity contribution in [3.8, 4) is 0 Å². The van der Waals surface area contributed by atoms with E-state index in [0.29, 0.717) is 12.4 Å². The third-order valence-electron chi connectivity index (χ3n) is 3.05. The fourth-order valence-corrected chi connectivity index (χ4v) is 2.24. The number of nitrogens with two attached hydrogens (primary N) is 1. The van der Waals surface area contributed by atoms with E-state index in [4.69, 9.17) is 10.5 Å². The predicted molar refractivity (Wildman–Crippen MR) is 71.3 cm³/mol. The average Bonchev–Trinajstić information content (AvgIpc) is 2.66. The summed E-state index contributed by atoms with van der Waals surface area (Å²) in [6, 6.07) is -0.0878. The topological polar surface area (TPSA) is 81.3 Å². The van der Waals surface area contributed by atoms with Crippen LogP contribution in [-0.2, 0) is 11.3 Å². The number of aromatic nitrogens is 2. The molecule has 6 nitrogen and oxygen atoms in total. The van der Waals surface area contributed by atoms with Crippen molar-refractivity contribution < 1.29 is 9.53 Å². The van der Waals surface area contributed by atoms with Gasteiger partial charge in [-0.1, -0.05) is 6.92 Å². The molecule has 2 heterocycles. The molecule has 1 atom stereocenters. The smallest absolute Gasteiger partial charge is 0.411 e. The van der Waals surface area contributed by atoms with Gasteiger partial charge in [0.1, 0.15) is 17.7 Å². The van der Waals surface area contributed by atoms with Gasteiger partial charge in [-0.2, -0.15) is 0 Å². The molecule has 19 heavy (non-hydrogen) atoms. The molecule has 104 valence electrons. The maximum Gasteiger partial charge on any atom is 0.411 e. The van der Waals surface area contributed by atoms with E-state index in [9.17, 15) is 4.79 Å². The molecule has 1 aliphatic heterocycles. The second kappa shape index (κ2) is 4.68. The van der Waals surface area contributed by atoms with Crippen LogP contribution in [0.3, 0.4) is 0 Å². The van der Waals surface area contributed by atoms with Gasteiger partial charge >= 0.3 is 6.09 Å². The molecule has 0 aromatic carbocycles. The zero-order valence-corrected chi connectivity index (χ0v) is 11.8. The highest BCUT2D eigenvalue weighted by Crippen LogP contribution is 2.37. The molecule has 1 aromatic heterocycles. The number of amides is 1. The molecule has 0 saturated heterocycles. The largest absolute Gasteiger partial charge is 0.444 e. The molecule has 0 spiro atoms. The first-order chi connectivity index (χ1) is 8.83. The van der Waals surface area contributed by atoms with Crippen molar-refractivity contribution in [3.05, 3.63) is 17.6 Å². The summed E-state index contributed by atoms with van der Waals surface area (Å²) in [5.74, 6) is 0.439. The van der Waals surface area contributed by atoms with E-state index in [1.54, 1.807) is 4.90 Å². The zero-order valence-electron chi connectivity index (χ0n) is 11.8. The molecule has 6 heteroatoms. The Morgan fingerprint density at radius 3 is 2.79 bits per heavy atom. The summed E-state index contributed by atoms with van der Waals surface area (Å²) < 4.78 is 5.42. The van der Waals surface area contributed by atoms with Gasteiger partial charge < -0.3 is 10.5 Å². The molecule has 0 aliphatic carbocycles. The van der Waals surface area contributed by atoms with Crippen LogP contribution in [0.15, 0.2) is 6.33 Å². The standard InChI is InChI=1S/C13H20N4O2/c1-5-9-10-8(11(14)16-7-15-10)6-17(9)12(18)19-13(2,3)4/h7,9H,5-6H2,1-4H3,(H2,14,15,16). The van der Waals surface area contributed by atoms with E-state index in [1.807, 2.05) is 27.7 Å². The van der Waals surface area contributed by atoms with Crippen molar-refractivity contribution in [2.45, 2.75) is 52.3 Å². The first-order valence-electron chi connectivity index (χ1n) is 6.42. The molecule has 0 bridgehead atoms. The second-order valence-corrected chi connectivity index (χ2v) is 5.65. The van der Waals surface area contributed by atoms with Crippen LogP contribution in [-0.4, -0.2) is 26.6 Å². The number of fused-ring (bicyclic) bond motifs is 1. The summed E-state index contributed by atoms with van der Waals surface area (Å²) in [4.78, 5) is 22.1. The van der Waals surface area contributed by atoms with Gasteiger partial charge in [0.15, 0.2) is 0 Å². The van der Waals surface area contributed by atoms with Crippen molar-refractivity contribution in [1.82, 2.24) is 14.9 Å². The minimum absolute atomic E-state index is 0.0878. The molecule has 0 radical (unpaired) electrons. The van der Waals surface area contributed by atoms with Crippen LogP contribution in [0.25, 0.3) is 0 Å². The highest BCUT2D eigenvalue weighted by molar-refractivity contribution is 5.70. The van der Waals surface area contributed by atoms with Crippen LogP contribution < -0.4 is 5.73 Å². The second-order valence-electron chi connectivity index (χ2n) is 5.65. The Balaban J connectivity index is 2.26. The Labute approximate surface area is 113 Å². The predicted octanol–water partition coefficient (Wildman–Crippen LogP) is 2.26. The molecule has 0 fully saturated rings. The summed E-state index contributed by atoms with van der Waals surface area (Å²) in [6.45, 7) is 7.97. The third kappa shape index (κ3) is 2.62. The minimum Gasteiger partial charge on any atom is -0.444 e. The van der Waals surface area contributed by atoms with Gasteiger partial charge in [-0.05, 0) is 27.2 Å². The van der Waals surface area contributed by atoms with E-state index in [2.05, 4.69) is 9.97 Å². The molecular weight excluding hydrogens is 244 g/mol. The van der Waals surface area contributed by atoms with Crippen molar-refractivity contribution in [2.75, 3.05) is 5.73 Å². The fourth-order valence-electron chi connectivity index (χ4n) is 2.24. The maximum absolute atomic E-state index is 12.2. The molecule has 2 rings (SSSR count). The lowest BCUT2D eigenvalue weighted by molar-refractivity contribution is 0.0166. The Morgan fingerprint density at radius 2 is 2.21 bits per heavy atom. The van der Waals surface area contributed by atoms with Crippen LogP contribution in [0, 0.1) is 0 Å². The minimum atomic E-state index is -0.513. The lowest BCUT2D eigenvalue weighted by Crippen LogP contribution is -2.35. The van der Waals surface area contributed by atoms with Gasteiger partial charge in [-0.15, -0.1) is 0 Å². The molecule has 1 aliphatic rings. The van der Waals surface area contributed by atoms with Gasteiger partial charge in [0.2, 0.25) is 0 Å². The lowest BCUT2D eigenvalue weighted by atomic mass is 10.1. The van der Waals surface area contributed by atoms with E-state index >= 15 is 0 Å². The van der Waals surface area contributed by atoms with Crippen LogP contribution in [0.5, 0.6) is 0 Å². The Bertz CT molecular complexity index is 496. The number of carbonyl (C=O) groups is 1. The summed E-state index contributed by atoms with van der Waals surface area (Å²) >= 11 is 0. The van der Waals surface area contributed by atoms with Crippen LogP contribution in [0.4, 0.5) is 10.6 Å². The quantitative estimate of drug-likeness (QED) is 0.841. The number of hydrogen-bond donors (Lipinski definition) is 1. The summed E-state index contributed by atoms with van der Waals surface area (Å²) in [5.41, 5.74) is 7.00. The monoisotopic (exact) mass is 264 g/mol. The van der Waals surface area contributed by atoms with Crippen molar-refractivity contribution in [3.63, 3.8) is 0 Å². The van der Waals surface area contributed by atoms with Crippen LogP contribution in [0.1, 0.15) is 51.4 Å². The zero-order chi connectivity index (χ0) is 14.2. The number of rotatable bonds is 1. The molecule has 1 aromatic rings. The fraction of sp³-hybridized carbons (Fsp3) is 0.615. The Morgan fingerprint density at radius 1 is 1.53 bits per heavy atom. The van der Waals surface area contributed by atoms with E-state index in [-0.39, 0.29) is 12.1 Å². The number of carbonyl (C=O) groups excluding carboxylic acids is 1. The van der Waals surface area contributed by atoms with Crippen molar-refractivity contribution in [1.29, 1.82) is 0 Å². The molecule has 1 amide bonds. The van der Waals surface area contributed by atoms with Gasteiger partial charge in [-0.3, -0.25) is 4.90 Å². The van der Waals surface area contributed by atoms with Gasteiger partial charge in [0.05, 0.1) is 18.3 Å². The number of hydrogen-bond acceptors (Lipinski definition) is 5. The average molecular weight is 264 g/mol. The van der Waals surface area contributed by atoms with Crippen LogP contribution >= 0.6 is 0 Å². The third-order valence-corrected chi connectivity index (χ3v) is 3.05. The first kappa shape index (κ1) is 13.6. The van der Waals surface area contributed by atoms with Crippen molar-refractivity contribution in [2.24, 2.45) is 0 Å². The highest BCUT2D eigenvalue weighted by Gasteiger charge is 2.37. The van der Waals surface area contributed by atoms with E-state index in [1.165, 1.54) is 6.33 Å². The molecule has 2 N–H and O–H groups in total.